The summed E-state index contributed by atoms with van der Waals surface area (Å²) < 4.78 is 2.98. The number of hydrogen-bond acceptors (Lipinski definition) is 3. The Morgan fingerprint density at radius 2 is 2.18 bits per heavy atom. The van der Waals surface area contributed by atoms with Gasteiger partial charge in [-0.25, -0.2) is 0 Å². The molecule has 1 N–H and O–H groups in total. The summed E-state index contributed by atoms with van der Waals surface area (Å²) >= 11 is 0. The zero-order chi connectivity index (χ0) is 12.6. The molecule has 0 radical (unpaired) electrons. The Morgan fingerprint density at radius 1 is 1.47 bits per heavy atom. The van der Waals surface area contributed by atoms with E-state index in [0.717, 1.165) is 12.1 Å². The molecule has 0 atom stereocenters. The number of aryl methyl sites for hydroxylation is 2. The summed E-state index contributed by atoms with van der Waals surface area (Å²) in [5, 5.41) is 12.9. The van der Waals surface area contributed by atoms with Crippen LogP contribution in [0, 0.1) is 0 Å². The van der Waals surface area contributed by atoms with E-state index in [-0.39, 0.29) is 12.0 Å². The van der Waals surface area contributed by atoms with Crippen LogP contribution in [0.15, 0.2) is 16.9 Å². The molecule has 2 aromatic rings. The van der Waals surface area contributed by atoms with Crippen LogP contribution in [0.4, 0.5) is 0 Å². The Hall–Kier alpha value is -2.11. The molecule has 0 bridgehead atoms. The van der Waals surface area contributed by atoms with E-state index < -0.39 is 5.97 Å². The Kier molecular flexibility index (Phi) is 2.71. The minimum atomic E-state index is -0.959. The van der Waals surface area contributed by atoms with E-state index in [9.17, 15) is 9.59 Å². The van der Waals surface area contributed by atoms with Gasteiger partial charge < -0.3 is 9.67 Å². The van der Waals surface area contributed by atoms with Crippen molar-refractivity contribution >= 4 is 11.6 Å². The summed E-state index contributed by atoms with van der Waals surface area (Å²) in [5.41, 5.74) is 1.60. The zero-order valence-corrected chi connectivity index (χ0v) is 9.67. The quantitative estimate of drug-likeness (QED) is 0.825. The SMILES string of the molecule is CCc1cc2n(C)c(CC(=O)O)cc(=O)n2n1. The highest BCUT2D eigenvalue weighted by atomic mass is 16.4. The van der Waals surface area contributed by atoms with Crippen LogP contribution in [-0.2, 0) is 24.7 Å². The summed E-state index contributed by atoms with van der Waals surface area (Å²) in [5.74, 6) is -0.959. The summed E-state index contributed by atoms with van der Waals surface area (Å²) in [6, 6.07) is 3.11. The Bertz CT molecular complexity index is 639. The van der Waals surface area contributed by atoms with Crippen LogP contribution in [0.25, 0.3) is 5.65 Å². The molecule has 0 aliphatic carbocycles. The lowest BCUT2D eigenvalue weighted by atomic mass is 10.3. The predicted octanol–water partition coefficient (Wildman–Crippen LogP) is 0.222. The van der Waals surface area contributed by atoms with E-state index in [0.29, 0.717) is 11.3 Å². The van der Waals surface area contributed by atoms with Crippen molar-refractivity contribution in [2.45, 2.75) is 19.8 Å². The van der Waals surface area contributed by atoms with Crippen molar-refractivity contribution in [2.24, 2.45) is 7.05 Å². The monoisotopic (exact) mass is 235 g/mol. The molecule has 0 saturated carbocycles. The second kappa shape index (κ2) is 4.04. The van der Waals surface area contributed by atoms with Crippen molar-refractivity contribution in [3.05, 3.63) is 33.9 Å². The van der Waals surface area contributed by atoms with Crippen molar-refractivity contribution in [3.63, 3.8) is 0 Å². The van der Waals surface area contributed by atoms with Crippen LogP contribution in [0.5, 0.6) is 0 Å². The minimum absolute atomic E-state index is 0.172. The Labute approximate surface area is 97.1 Å². The first-order valence-electron chi connectivity index (χ1n) is 5.32. The van der Waals surface area contributed by atoms with Crippen molar-refractivity contribution in [3.8, 4) is 0 Å². The van der Waals surface area contributed by atoms with Gasteiger partial charge in [-0.15, -0.1) is 0 Å². The van der Waals surface area contributed by atoms with Crippen LogP contribution in [-0.4, -0.2) is 25.3 Å². The number of carbonyl (C=O) groups is 1. The van der Waals surface area contributed by atoms with Gasteiger partial charge in [-0.1, -0.05) is 6.92 Å². The van der Waals surface area contributed by atoms with Crippen LogP contribution in [0.1, 0.15) is 18.3 Å². The second-order valence-electron chi connectivity index (χ2n) is 3.86. The standard InChI is InChI=1S/C11H13N3O3/c1-3-7-4-9-13(2)8(6-11(16)17)5-10(15)14(9)12-7/h4-5H,3,6H2,1-2H3,(H,16,17). The van der Waals surface area contributed by atoms with Gasteiger partial charge in [0.2, 0.25) is 0 Å². The lowest BCUT2D eigenvalue weighted by Gasteiger charge is -2.07. The molecule has 0 spiro atoms. The van der Waals surface area contributed by atoms with Gasteiger partial charge in [-0.05, 0) is 6.42 Å². The maximum atomic E-state index is 11.8. The van der Waals surface area contributed by atoms with E-state index in [1.54, 1.807) is 17.7 Å². The van der Waals surface area contributed by atoms with Gasteiger partial charge >= 0.3 is 5.97 Å². The first-order chi connectivity index (χ1) is 8.02. The van der Waals surface area contributed by atoms with Crippen molar-refractivity contribution < 1.29 is 9.90 Å². The van der Waals surface area contributed by atoms with Crippen LogP contribution in [0.2, 0.25) is 0 Å². The first-order valence-corrected chi connectivity index (χ1v) is 5.32. The summed E-state index contributed by atoms with van der Waals surface area (Å²) in [6.07, 6.45) is 0.560. The van der Waals surface area contributed by atoms with E-state index in [1.165, 1.54) is 10.6 Å². The van der Waals surface area contributed by atoms with Gasteiger partial charge in [0.05, 0.1) is 12.1 Å². The molecule has 0 aliphatic rings. The molecule has 0 unspecified atom stereocenters. The first kappa shape index (κ1) is 11.4. The average molecular weight is 235 g/mol. The number of aliphatic carboxylic acids is 1. The molecule has 0 amide bonds. The van der Waals surface area contributed by atoms with Gasteiger partial charge in [0, 0.05) is 24.9 Å². The normalized spacial score (nSPS) is 10.9. The van der Waals surface area contributed by atoms with Crippen molar-refractivity contribution in [2.75, 3.05) is 0 Å². The van der Waals surface area contributed by atoms with Gasteiger partial charge in [0.1, 0.15) is 5.65 Å². The molecule has 90 valence electrons. The topological polar surface area (TPSA) is 76.6 Å². The molecule has 6 nitrogen and oxygen atoms in total. The van der Waals surface area contributed by atoms with Gasteiger partial charge in [-0.3, -0.25) is 9.59 Å². The van der Waals surface area contributed by atoms with Gasteiger partial charge in [-0.2, -0.15) is 9.61 Å². The molecule has 2 rings (SSSR count). The molecule has 2 heterocycles. The average Bonchev–Trinajstić information content (AvgIpc) is 2.69. The number of carboxylic acids is 1. The highest BCUT2D eigenvalue weighted by Crippen LogP contribution is 2.07. The number of nitrogens with zero attached hydrogens (tertiary/aromatic N) is 3. The Morgan fingerprint density at radius 3 is 2.76 bits per heavy atom. The van der Waals surface area contributed by atoms with E-state index in [2.05, 4.69) is 5.10 Å². The fourth-order valence-electron chi connectivity index (χ4n) is 1.76. The number of rotatable bonds is 3. The third-order valence-corrected chi connectivity index (χ3v) is 2.71. The van der Waals surface area contributed by atoms with E-state index >= 15 is 0 Å². The number of fused-ring (bicyclic) bond motifs is 1. The lowest BCUT2D eigenvalue weighted by molar-refractivity contribution is -0.136. The molecule has 2 aromatic heterocycles. The number of aromatic nitrogens is 3. The summed E-state index contributed by atoms with van der Waals surface area (Å²) in [7, 11) is 1.73. The van der Waals surface area contributed by atoms with Crippen molar-refractivity contribution in [1.82, 2.24) is 14.2 Å². The molecule has 0 aliphatic heterocycles. The smallest absolute Gasteiger partial charge is 0.309 e. The third kappa shape index (κ3) is 1.93. The minimum Gasteiger partial charge on any atom is -0.481 e. The highest BCUT2D eigenvalue weighted by Gasteiger charge is 2.11. The fraction of sp³-hybridized carbons (Fsp3) is 0.364. The van der Waals surface area contributed by atoms with E-state index in [1.807, 2.05) is 6.92 Å². The maximum Gasteiger partial charge on any atom is 0.309 e. The molecular formula is C11H13N3O3. The highest BCUT2D eigenvalue weighted by molar-refractivity contribution is 5.69. The number of hydrogen-bond donors (Lipinski definition) is 1. The Balaban J connectivity index is 2.70. The lowest BCUT2D eigenvalue weighted by Crippen LogP contribution is -2.21. The molecule has 0 saturated heterocycles. The molecule has 17 heavy (non-hydrogen) atoms. The van der Waals surface area contributed by atoms with Crippen LogP contribution >= 0.6 is 0 Å². The predicted molar refractivity (Wildman–Crippen MR) is 61.2 cm³/mol. The van der Waals surface area contributed by atoms with Crippen molar-refractivity contribution in [1.29, 1.82) is 0 Å². The molecule has 6 heteroatoms. The largest absolute Gasteiger partial charge is 0.481 e. The number of carboxylic acid groups (broad SMARTS) is 1. The summed E-state index contributed by atoms with van der Waals surface area (Å²) in [6.45, 7) is 1.95. The fourth-order valence-corrected chi connectivity index (χ4v) is 1.76. The molecule has 0 fully saturated rings. The summed E-state index contributed by atoms with van der Waals surface area (Å²) in [4.78, 5) is 22.4. The van der Waals surface area contributed by atoms with Crippen LogP contribution < -0.4 is 5.56 Å². The second-order valence-corrected chi connectivity index (χ2v) is 3.86. The van der Waals surface area contributed by atoms with E-state index in [4.69, 9.17) is 5.11 Å². The maximum absolute atomic E-state index is 11.8. The van der Waals surface area contributed by atoms with Gasteiger partial charge in [0.15, 0.2) is 0 Å². The molecule has 0 aromatic carbocycles. The molecular weight excluding hydrogens is 222 g/mol. The third-order valence-electron chi connectivity index (χ3n) is 2.71. The van der Waals surface area contributed by atoms with Crippen LogP contribution in [0.3, 0.4) is 0 Å². The van der Waals surface area contributed by atoms with Gasteiger partial charge in [0.25, 0.3) is 5.56 Å². The zero-order valence-electron chi connectivity index (χ0n) is 9.67.